The van der Waals surface area contributed by atoms with E-state index in [1.165, 1.54) is 11.1 Å². The summed E-state index contributed by atoms with van der Waals surface area (Å²) in [5.41, 5.74) is 1.99. The number of hydrogen-bond acceptors (Lipinski definition) is 6. The van der Waals surface area contributed by atoms with E-state index in [4.69, 9.17) is 28.4 Å². The summed E-state index contributed by atoms with van der Waals surface area (Å²) in [6.45, 7) is 4.12. The number of benzene rings is 1. The Morgan fingerprint density at radius 3 is 1.80 bits per heavy atom. The Morgan fingerprint density at radius 1 is 0.767 bits per heavy atom. The third kappa shape index (κ3) is 4.13. The molecule has 160 valence electrons. The van der Waals surface area contributed by atoms with Gasteiger partial charge >= 0.3 is 0 Å². The van der Waals surface area contributed by atoms with E-state index < -0.39 is 5.79 Å². The van der Waals surface area contributed by atoms with E-state index in [1.807, 2.05) is 6.07 Å². The summed E-state index contributed by atoms with van der Waals surface area (Å²) in [4.78, 5) is 0. The largest absolute Gasteiger partial charge is 0.373 e. The lowest BCUT2D eigenvalue weighted by atomic mass is 9.67. The summed E-state index contributed by atoms with van der Waals surface area (Å²) in [6, 6.07) is 10.5. The molecule has 0 spiro atoms. The van der Waals surface area contributed by atoms with Crippen molar-refractivity contribution in [2.75, 3.05) is 39.6 Å². The second-order valence-electron chi connectivity index (χ2n) is 8.97. The van der Waals surface area contributed by atoms with Crippen molar-refractivity contribution in [1.82, 2.24) is 0 Å². The summed E-state index contributed by atoms with van der Waals surface area (Å²) in [5.74, 6) is -0.888. The molecule has 0 amide bonds. The molecule has 4 saturated heterocycles. The van der Waals surface area contributed by atoms with Crippen LogP contribution in [0.4, 0.5) is 0 Å². The molecule has 1 aromatic rings. The van der Waals surface area contributed by atoms with Gasteiger partial charge in [0.15, 0.2) is 5.79 Å². The molecular formula is C24H28O6. The minimum atomic E-state index is -0.888. The van der Waals surface area contributed by atoms with Crippen LogP contribution in [0.5, 0.6) is 0 Å². The first-order valence-electron chi connectivity index (χ1n) is 11.0. The second kappa shape index (κ2) is 7.55. The van der Waals surface area contributed by atoms with E-state index in [0.29, 0.717) is 13.2 Å². The van der Waals surface area contributed by atoms with Gasteiger partial charge in [0.05, 0.1) is 57.3 Å². The Balaban J connectivity index is 1.39. The molecule has 6 nitrogen and oxygen atoms in total. The second-order valence-corrected chi connectivity index (χ2v) is 8.97. The maximum atomic E-state index is 6.58. The Bertz CT molecular complexity index is 787. The van der Waals surface area contributed by atoms with Crippen LogP contribution in [0.25, 0.3) is 5.57 Å². The zero-order valence-corrected chi connectivity index (χ0v) is 17.0. The predicted molar refractivity (Wildman–Crippen MR) is 109 cm³/mol. The molecule has 0 saturated carbocycles. The van der Waals surface area contributed by atoms with Crippen molar-refractivity contribution in [2.45, 2.75) is 43.0 Å². The normalized spacial score (nSPS) is 40.7. The summed E-state index contributed by atoms with van der Waals surface area (Å²) in [6.07, 6.45) is 9.04. The molecule has 0 bridgehead atoms. The molecule has 4 atom stereocenters. The molecule has 4 fully saturated rings. The fourth-order valence-electron chi connectivity index (χ4n) is 4.48. The van der Waals surface area contributed by atoms with Crippen LogP contribution in [-0.4, -0.2) is 69.8 Å². The Kier molecular flexibility index (Phi) is 4.82. The lowest BCUT2D eigenvalue weighted by Crippen LogP contribution is -2.54. The smallest absolute Gasteiger partial charge is 0.197 e. The summed E-state index contributed by atoms with van der Waals surface area (Å²) in [7, 11) is 0. The number of rotatable bonds is 11. The summed E-state index contributed by atoms with van der Waals surface area (Å²) in [5, 5.41) is 0. The molecular weight excluding hydrogens is 384 g/mol. The van der Waals surface area contributed by atoms with Crippen molar-refractivity contribution in [3.8, 4) is 0 Å². The van der Waals surface area contributed by atoms with E-state index in [0.717, 1.165) is 39.3 Å². The first kappa shape index (κ1) is 19.2. The van der Waals surface area contributed by atoms with Crippen LogP contribution in [0.1, 0.15) is 18.4 Å². The van der Waals surface area contributed by atoms with E-state index in [-0.39, 0.29) is 29.8 Å². The third-order valence-corrected chi connectivity index (χ3v) is 6.48. The Hall–Kier alpha value is -1.54. The molecule has 0 radical (unpaired) electrons. The zero-order valence-electron chi connectivity index (χ0n) is 17.0. The number of epoxide rings is 4. The molecule has 6 heteroatoms. The zero-order chi connectivity index (χ0) is 20.0. The molecule has 6 rings (SSSR count). The lowest BCUT2D eigenvalue weighted by Gasteiger charge is -2.48. The van der Waals surface area contributed by atoms with Crippen molar-refractivity contribution in [3.63, 3.8) is 0 Å². The van der Waals surface area contributed by atoms with Crippen molar-refractivity contribution in [1.29, 1.82) is 0 Å². The van der Waals surface area contributed by atoms with Gasteiger partial charge < -0.3 is 28.4 Å². The highest BCUT2D eigenvalue weighted by Gasteiger charge is 2.58. The minimum absolute atomic E-state index is 0.155. The van der Waals surface area contributed by atoms with Crippen molar-refractivity contribution in [2.24, 2.45) is 5.41 Å². The molecule has 1 aliphatic carbocycles. The van der Waals surface area contributed by atoms with Gasteiger partial charge in [-0.3, -0.25) is 0 Å². The fraction of sp³-hybridized carbons (Fsp3) is 0.583. The van der Waals surface area contributed by atoms with Crippen LogP contribution in [0.15, 0.2) is 48.6 Å². The van der Waals surface area contributed by atoms with E-state index in [9.17, 15) is 0 Å². The monoisotopic (exact) mass is 412 g/mol. The topological polar surface area (TPSA) is 68.6 Å². The summed E-state index contributed by atoms with van der Waals surface area (Å²) >= 11 is 0. The fourth-order valence-corrected chi connectivity index (χ4v) is 4.48. The van der Waals surface area contributed by atoms with Gasteiger partial charge in [0, 0.05) is 0 Å². The molecule has 4 heterocycles. The van der Waals surface area contributed by atoms with Crippen LogP contribution < -0.4 is 0 Å². The molecule has 30 heavy (non-hydrogen) atoms. The van der Waals surface area contributed by atoms with Gasteiger partial charge in [-0.2, -0.15) is 0 Å². The first-order chi connectivity index (χ1) is 14.7. The van der Waals surface area contributed by atoms with Gasteiger partial charge in [-0.05, 0) is 30.1 Å². The van der Waals surface area contributed by atoms with Crippen LogP contribution >= 0.6 is 0 Å². The average Bonchev–Trinajstić information content (AvgIpc) is 3.60. The van der Waals surface area contributed by atoms with Gasteiger partial charge in [0.2, 0.25) is 0 Å². The molecule has 4 unspecified atom stereocenters. The first-order valence-corrected chi connectivity index (χ1v) is 11.0. The molecule has 0 aromatic heterocycles. The maximum absolute atomic E-state index is 6.58. The quantitative estimate of drug-likeness (QED) is 0.411. The van der Waals surface area contributed by atoms with Gasteiger partial charge in [0.1, 0.15) is 12.2 Å². The highest BCUT2D eigenvalue weighted by Crippen LogP contribution is 2.53. The average molecular weight is 412 g/mol. The lowest BCUT2D eigenvalue weighted by molar-refractivity contribution is -0.265. The maximum Gasteiger partial charge on any atom is 0.197 e. The predicted octanol–water partition coefficient (Wildman–Crippen LogP) is 2.73. The van der Waals surface area contributed by atoms with Crippen LogP contribution in [0.3, 0.4) is 0 Å². The third-order valence-electron chi connectivity index (χ3n) is 6.48. The summed E-state index contributed by atoms with van der Waals surface area (Å²) < 4.78 is 35.4. The Labute approximate surface area is 176 Å². The SMILES string of the molecule is C1=CC(OCC2CO2)(OCC2CO2)C(CC2CO2)(CC2CO2)C=C1c1ccccc1. The Morgan fingerprint density at radius 2 is 1.30 bits per heavy atom. The van der Waals surface area contributed by atoms with Crippen LogP contribution in [0, 0.1) is 5.41 Å². The van der Waals surface area contributed by atoms with Gasteiger partial charge in [-0.25, -0.2) is 0 Å². The number of hydrogen-bond donors (Lipinski definition) is 0. The standard InChI is InChI=1S/C24H28O6/c1-2-4-17(5-3-1)18-6-7-24(29-15-21-13-27-21,30-16-22-14-28-22)23(8-18,9-19-11-25-19)10-20-12-26-20/h1-8,19-22H,9-16H2. The van der Waals surface area contributed by atoms with Crippen molar-refractivity contribution < 1.29 is 28.4 Å². The minimum Gasteiger partial charge on any atom is -0.373 e. The molecule has 1 aromatic carbocycles. The van der Waals surface area contributed by atoms with Crippen molar-refractivity contribution in [3.05, 3.63) is 54.1 Å². The highest BCUT2D eigenvalue weighted by atomic mass is 16.7. The van der Waals surface area contributed by atoms with E-state index >= 15 is 0 Å². The van der Waals surface area contributed by atoms with Crippen molar-refractivity contribution >= 4 is 5.57 Å². The molecule has 5 aliphatic rings. The van der Waals surface area contributed by atoms with Crippen LogP contribution in [-0.2, 0) is 28.4 Å². The molecule has 0 N–H and O–H groups in total. The number of allylic oxidation sites excluding steroid dienone is 2. The van der Waals surface area contributed by atoms with E-state index in [1.54, 1.807) is 0 Å². The van der Waals surface area contributed by atoms with Crippen LogP contribution in [0.2, 0.25) is 0 Å². The van der Waals surface area contributed by atoms with Gasteiger partial charge in [0.25, 0.3) is 0 Å². The van der Waals surface area contributed by atoms with Gasteiger partial charge in [-0.1, -0.05) is 42.5 Å². The van der Waals surface area contributed by atoms with E-state index in [2.05, 4.69) is 42.5 Å². The highest BCUT2D eigenvalue weighted by molar-refractivity contribution is 5.76. The molecule has 4 aliphatic heterocycles. The van der Waals surface area contributed by atoms with Gasteiger partial charge in [-0.15, -0.1) is 0 Å². The number of ether oxygens (including phenoxy) is 6.